The fraction of sp³-hybridized carbons (Fsp3) is 0.304. The minimum absolute atomic E-state index is 0.00639. The highest BCUT2D eigenvalue weighted by Gasteiger charge is 2.36. The molecule has 0 aliphatic heterocycles. The van der Waals surface area contributed by atoms with Gasteiger partial charge in [0.2, 0.25) is 0 Å². The molecule has 0 spiro atoms. The number of carbonyl (C=O) groups excluding carboxylic acids is 2. The lowest BCUT2D eigenvalue weighted by Crippen LogP contribution is -2.26. The molecule has 30 heavy (non-hydrogen) atoms. The smallest absolute Gasteiger partial charge is 0.196 e. The van der Waals surface area contributed by atoms with Gasteiger partial charge in [-0.1, -0.05) is 24.3 Å². The number of unbranched alkanes of at least 4 members (excludes halogenated alkanes) is 2. The molecule has 0 heterocycles. The normalized spacial score (nSPS) is 12.0. The molecule has 0 amide bonds. The van der Waals surface area contributed by atoms with Crippen molar-refractivity contribution < 1.29 is 14.3 Å². The average molecular weight is 402 g/mol. The fourth-order valence-corrected chi connectivity index (χ4v) is 3.65. The van der Waals surface area contributed by atoms with E-state index in [1.54, 1.807) is 24.3 Å². The van der Waals surface area contributed by atoms with Gasteiger partial charge in [0, 0.05) is 30.9 Å². The predicted octanol–water partition coefficient (Wildman–Crippen LogP) is 3.41. The summed E-state index contributed by atoms with van der Waals surface area (Å²) in [4.78, 5) is 26.3. The summed E-state index contributed by atoms with van der Waals surface area (Å²) in [5.74, 6) is -0.801. The van der Waals surface area contributed by atoms with E-state index < -0.39 is 5.78 Å². The molecule has 0 unspecified atom stereocenters. The van der Waals surface area contributed by atoms with Crippen LogP contribution in [0.15, 0.2) is 24.3 Å². The molecule has 0 radical (unpaired) electrons. The van der Waals surface area contributed by atoms with Gasteiger partial charge in [0.15, 0.2) is 11.6 Å². The second-order valence-electron chi connectivity index (χ2n) is 6.90. The highest BCUT2D eigenvalue weighted by atomic mass is 16.5. The number of hydrogen-bond acceptors (Lipinski definition) is 7. The maximum absolute atomic E-state index is 13.2. The fourth-order valence-electron chi connectivity index (χ4n) is 3.65. The zero-order valence-corrected chi connectivity index (χ0v) is 16.7. The molecule has 2 aromatic rings. The van der Waals surface area contributed by atoms with Crippen molar-refractivity contribution in [1.29, 1.82) is 10.5 Å². The van der Waals surface area contributed by atoms with E-state index in [2.05, 4.69) is 5.32 Å². The Balaban J connectivity index is 2.02. The van der Waals surface area contributed by atoms with Crippen molar-refractivity contribution in [1.82, 2.24) is 0 Å². The molecule has 1 aliphatic carbocycles. The van der Waals surface area contributed by atoms with Gasteiger partial charge in [0.25, 0.3) is 0 Å². The van der Waals surface area contributed by atoms with Crippen LogP contribution in [0, 0.1) is 22.7 Å². The molecule has 0 aromatic heterocycles. The van der Waals surface area contributed by atoms with Crippen LogP contribution in [0.2, 0.25) is 0 Å². The molecule has 0 atom stereocenters. The Labute approximate surface area is 175 Å². The predicted molar refractivity (Wildman–Crippen MR) is 112 cm³/mol. The van der Waals surface area contributed by atoms with Crippen LogP contribution in [-0.4, -0.2) is 31.3 Å². The van der Waals surface area contributed by atoms with Gasteiger partial charge in [-0.25, -0.2) is 0 Å². The maximum Gasteiger partial charge on any atom is 0.196 e. The van der Waals surface area contributed by atoms with E-state index >= 15 is 0 Å². The van der Waals surface area contributed by atoms with Gasteiger partial charge in [-0.3, -0.25) is 9.59 Å². The largest absolute Gasteiger partial charge is 0.397 e. The molecule has 3 N–H and O–H groups in total. The standard InChI is InChI=1S/C23H22N4O3/c1-2-30-11-7-3-6-10-27-21-17(13-25)16(12-24)20(26)18-19(21)23(29)15-9-5-4-8-14(15)22(18)28/h4-5,8-9,27H,2-3,6-7,10-11,26H2,1H3. The third kappa shape index (κ3) is 3.63. The van der Waals surface area contributed by atoms with E-state index in [0.717, 1.165) is 19.3 Å². The minimum atomic E-state index is -0.418. The van der Waals surface area contributed by atoms with Gasteiger partial charge in [0.05, 0.1) is 33.6 Å². The van der Waals surface area contributed by atoms with Crippen molar-refractivity contribution in [2.24, 2.45) is 0 Å². The molecular formula is C23H22N4O3. The molecular weight excluding hydrogens is 380 g/mol. The van der Waals surface area contributed by atoms with E-state index in [1.807, 2.05) is 19.1 Å². The van der Waals surface area contributed by atoms with Crippen LogP contribution in [-0.2, 0) is 4.74 Å². The quantitative estimate of drug-likeness (QED) is 0.436. The van der Waals surface area contributed by atoms with E-state index in [-0.39, 0.29) is 50.5 Å². The number of hydrogen-bond donors (Lipinski definition) is 2. The van der Waals surface area contributed by atoms with Crippen LogP contribution in [0.5, 0.6) is 0 Å². The maximum atomic E-state index is 13.2. The number of nitrogens with one attached hydrogen (secondary N) is 1. The van der Waals surface area contributed by atoms with E-state index in [1.165, 1.54) is 0 Å². The molecule has 2 aromatic carbocycles. The summed E-state index contributed by atoms with van der Waals surface area (Å²) in [5, 5.41) is 22.4. The van der Waals surface area contributed by atoms with Crippen LogP contribution < -0.4 is 11.1 Å². The zero-order chi connectivity index (χ0) is 21.7. The van der Waals surface area contributed by atoms with E-state index in [4.69, 9.17) is 10.5 Å². The zero-order valence-electron chi connectivity index (χ0n) is 16.7. The Kier molecular flexibility index (Phi) is 6.46. The minimum Gasteiger partial charge on any atom is -0.397 e. The third-order valence-electron chi connectivity index (χ3n) is 5.10. The average Bonchev–Trinajstić information content (AvgIpc) is 2.76. The van der Waals surface area contributed by atoms with Gasteiger partial charge in [-0.15, -0.1) is 0 Å². The first-order valence-corrected chi connectivity index (χ1v) is 9.86. The van der Waals surface area contributed by atoms with E-state index in [9.17, 15) is 20.1 Å². The van der Waals surface area contributed by atoms with Crippen molar-refractivity contribution in [3.8, 4) is 12.1 Å². The Morgan fingerprint density at radius 1 is 0.967 bits per heavy atom. The number of ether oxygens (including phenoxy) is 1. The molecule has 3 rings (SSSR count). The number of anilines is 2. The summed E-state index contributed by atoms with van der Waals surface area (Å²) in [6.45, 7) is 3.78. The lowest BCUT2D eigenvalue weighted by molar-refractivity contribution is 0.0980. The van der Waals surface area contributed by atoms with Crippen molar-refractivity contribution in [3.05, 3.63) is 57.6 Å². The van der Waals surface area contributed by atoms with Crippen molar-refractivity contribution in [2.45, 2.75) is 26.2 Å². The molecule has 7 heteroatoms. The van der Waals surface area contributed by atoms with Crippen molar-refractivity contribution in [2.75, 3.05) is 30.8 Å². The lowest BCUT2D eigenvalue weighted by Gasteiger charge is -2.24. The molecule has 0 saturated carbocycles. The second-order valence-corrected chi connectivity index (χ2v) is 6.90. The number of nitrogens with two attached hydrogens (primary N) is 1. The van der Waals surface area contributed by atoms with Gasteiger partial charge >= 0.3 is 0 Å². The lowest BCUT2D eigenvalue weighted by atomic mass is 9.79. The number of rotatable bonds is 8. The number of nitrogens with zero attached hydrogens (tertiary/aromatic N) is 2. The van der Waals surface area contributed by atoms with E-state index in [0.29, 0.717) is 19.8 Å². The Bertz CT molecular complexity index is 1090. The summed E-state index contributed by atoms with van der Waals surface area (Å²) < 4.78 is 5.32. The summed E-state index contributed by atoms with van der Waals surface area (Å²) in [6, 6.07) is 10.4. The Hall–Kier alpha value is -3.68. The molecule has 0 fully saturated rings. The summed E-state index contributed by atoms with van der Waals surface area (Å²) in [7, 11) is 0. The highest BCUT2D eigenvalue weighted by molar-refractivity contribution is 6.32. The summed E-state index contributed by atoms with van der Waals surface area (Å²) >= 11 is 0. The van der Waals surface area contributed by atoms with Crippen LogP contribution in [0.1, 0.15) is 69.2 Å². The SMILES string of the molecule is CCOCCCCCNc1c(C#N)c(C#N)c(N)c2c1C(=O)c1ccccc1C2=O. The van der Waals surface area contributed by atoms with Crippen molar-refractivity contribution >= 4 is 22.9 Å². The summed E-state index contributed by atoms with van der Waals surface area (Å²) in [5.41, 5.74) is 6.66. The van der Waals surface area contributed by atoms with Gasteiger partial charge in [-0.05, 0) is 26.2 Å². The first kappa shape index (κ1) is 21.0. The second kappa shape index (κ2) is 9.21. The topological polar surface area (TPSA) is 129 Å². The number of benzene rings is 2. The monoisotopic (exact) mass is 402 g/mol. The molecule has 0 saturated heterocycles. The molecule has 1 aliphatic rings. The Morgan fingerprint density at radius 3 is 2.20 bits per heavy atom. The Morgan fingerprint density at radius 2 is 1.60 bits per heavy atom. The van der Waals surface area contributed by atoms with Crippen LogP contribution in [0.4, 0.5) is 11.4 Å². The third-order valence-corrected chi connectivity index (χ3v) is 5.10. The highest BCUT2D eigenvalue weighted by Crippen LogP contribution is 2.40. The molecule has 7 nitrogen and oxygen atoms in total. The number of nitrogen functional groups attached to an aromatic ring is 1. The van der Waals surface area contributed by atoms with Crippen molar-refractivity contribution in [3.63, 3.8) is 0 Å². The number of fused-ring (bicyclic) bond motifs is 2. The first-order valence-electron chi connectivity index (χ1n) is 9.86. The summed E-state index contributed by atoms with van der Waals surface area (Å²) in [6.07, 6.45) is 2.57. The van der Waals surface area contributed by atoms with Crippen LogP contribution in [0.3, 0.4) is 0 Å². The number of ketones is 2. The molecule has 152 valence electrons. The number of carbonyl (C=O) groups is 2. The number of nitriles is 2. The molecule has 0 bridgehead atoms. The van der Waals surface area contributed by atoms with Crippen LogP contribution in [0.25, 0.3) is 0 Å². The van der Waals surface area contributed by atoms with Gasteiger partial charge < -0.3 is 15.8 Å². The van der Waals surface area contributed by atoms with Crippen LogP contribution >= 0.6 is 0 Å². The van der Waals surface area contributed by atoms with Gasteiger partial charge in [-0.2, -0.15) is 10.5 Å². The first-order chi connectivity index (χ1) is 14.6. The van der Waals surface area contributed by atoms with Gasteiger partial charge in [0.1, 0.15) is 12.1 Å².